The lowest BCUT2D eigenvalue weighted by Crippen LogP contribution is -2.43. The van der Waals surface area contributed by atoms with Gasteiger partial charge in [0.2, 0.25) is 5.91 Å². The fourth-order valence-corrected chi connectivity index (χ4v) is 4.83. The zero-order chi connectivity index (χ0) is 15.2. The number of hydrogen-bond acceptors (Lipinski definition) is 3. The lowest BCUT2D eigenvalue weighted by molar-refractivity contribution is -0.130. The highest BCUT2D eigenvalue weighted by Crippen LogP contribution is 2.35. The molecule has 0 N–H and O–H groups in total. The van der Waals surface area contributed by atoms with Crippen LogP contribution in [0.4, 0.5) is 0 Å². The number of carbonyl (C=O) groups excluding carboxylic acids is 1. The van der Waals surface area contributed by atoms with Gasteiger partial charge in [-0.2, -0.15) is 0 Å². The van der Waals surface area contributed by atoms with Gasteiger partial charge in [0.15, 0.2) is 9.84 Å². The molecule has 1 fully saturated rings. The van der Waals surface area contributed by atoms with E-state index < -0.39 is 15.1 Å². The molecule has 0 radical (unpaired) electrons. The molecule has 0 saturated heterocycles. The lowest BCUT2D eigenvalue weighted by atomic mass is 10.1. The minimum Gasteiger partial charge on any atom is -0.335 e. The quantitative estimate of drug-likeness (QED) is 0.798. The summed E-state index contributed by atoms with van der Waals surface area (Å²) in [5, 5.41) is -0.963. The van der Waals surface area contributed by atoms with Crippen molar-refractivity contribution in [3.05, 3.63) is 42.0 Å². The maximum absolute atomic E-state index is 12.7. The third-order valence-corrected chi connectivity index (χ3v) is 6.30. The Bertz CT molecular complexity index is 704. The van der Waals surface area contributed by atoms with Gasteiger partial charge >= 0.3 is 0 Å². The largest absolute Gasteiger partial charge is 0.335 e. The van der Waals surface area contributed by atoms with Crippen molar-refractivity contribution < 1.29 is 13.2 Å². The van der Waals surface area contributed by atoms with Gasteiger partial charge in [-0.05, 0) is 37.8 Å². The predicted octanol–water partition coefficient (Wildman–Crippen LogP) is 1.87. The molecule has 1 heterocycles. The van der Waals surface area contributed by atoms with Gasteiger partial charge in [0, 0.05) is 12.6 Å². The van der Waals surface area contributed by atoms with Crippen LogP contribution in [0.2, 0.25) is 0 Å². The molecule has 0 aromatic heterocycles. The van der Waals surface area contributed by atoms with E-state index in [1.165, 1.54) is 0 Å². The second-order valence-corrected chi connectivity index (χ2v) is 7.96. The zero-order valence-corrected chi connectivity index (χ0v) is 12.9. The molecule has 1 amide bonds. The van der Waals surface area contributed by atoms with E-state index >= 15 is 0 Å². The van der Waals surface area contributed by atoms with Crippen LogP contribution in [0.15, 0.2) is 35.7 Å². The fraction of sp³-hybridized carbons (Fsp3) is 0.438. The second kappa shape index (κ2) is 4.98. The molecule has 1 aliphatic carbocycles. The highest BCUT2D eigenvalue weighted by Gasteiger charge is 2.45. The molecule has 0 spiro atoms. The van der Waals surface area contributed by atoms with Crippen molar-refractivity contribution in [3.63, 3.8) is 0 Å². The summed E-state index contributed by atoms with van der Waals surface area (Å²) in [6, 6.07) is 5.47. The van der Waals surface area contributed by atoms with Crippen LogP contribution >= 0.6 is 0 Å². The summed E-state index contributed by atoms with van der Waals surface area (Å²) in [7, 11) is -3.56. The molecule has 1 saturated carbocycles. The molecule has 4 nitrogen and oxygen atoms in total. The first-order chi connectivity index (χ1) is 9.95. The number of aryl methyl sites for hydroxylation is 1. The van der Waals surface area contributed by atoms with Crippen molar-refractivity contribution in [2.45, 2.75) is 42.4 Å². The first-order valence-electron chi connectivity index (χ1n) is 7.20. The number of hydrogen-bond donors (Lipinski definition) is 0. The number of amides is 1. The predicted molar refractivity (Wildman–Crippen MR) is 80.8 cm³/mol. The monoisotopic (exact) mass is 305 g/mol. The molecule has 3 rings (SSSR count). The van der Waals surface area contributed by atoms with Crippen molar-refractivity contribution in [1.82, 2.24) is 4.90 Å². The number of benzene rings is 1. The van der Waals surface area contributed by atoms with Crippen LogP contribution in [0.25, 0.3) is 0 Å². The van der Waals surface area contributed by atoms with Gasteiger partial charge in [-0.15, -0.1) is 6.58 Å². The van der Waals surface area contributed by atoms with Gasteiger partial charge in [-0.1, -0.05) is 23.8 Å². The highest BCUT2D eigenvalue weighted by atomic mass is 32.2. The third-order valence-electron chi connectivity index (χ3n) is 4.17. The van der Waals surface area contributed by atoms with E-state index in [9.17, 15) is 13.2 Å². The van der Waals surface area contributed by atoms with Crippen molar-refractivity contribution in [2.24, 2.45) is 0 Å². The van der Waals surface area contributed by atoms with Gasteiger partial charge in [-0.25, -0.2) is 8.42 Å². The number of sulfone groups is 1. The third kappa shape index (κ3) is 2.39. The molecule has 2 aliphatic rings. The number of fused-ring (bicyclic) bond motifs is 1. The topological polar surface area (TPSA) is 54.5 Å². The second-order valence-electron chi connectivity index (χ2n) is 5.86. The summed E-state index contributed by atoms with van der Waals surface area (Å²) in [5.74, 6) is -0.272. The van der Waals surface area contributed by atoms with Gasteiger partial charge in [-0.3, -0.25) is 4.79 Å². The molecular weight excluding hydrogens is 286 g/mol. The fourth-order valence-electron chi connectivity index (χ4n) is 2.96. The molecule has 1 unspecified atom stereocenters. The van der Waals surface area contributed by atoms with E-state index in [-0.39, 0.29) is 11.9 Å². The van der Waals surface area contributed by atoms with Crippen molar-refractivity contribution >= 4 is 15.7 Å². The van der Waals surface area contributed by atoms with Crippen LogP contribution in [0, 0.1) is 6.92 Å². The number of carbonyl (C=O) groups is 1. The summed E-state index contributed by atoms with van der Waals surface area (Å²) in [6.45, 7) is 6.01. The highest BCUT2D eigenvalue weighted by molar-refractivity contribution is 7.93. The molecular formula is C16H19NO3S. The standard InChI is InChI=1S/C16H19NO3S/c1-3-8-17(13-5-6-13)16(18)15-10-12-9-11(2)4-7-14(12)21(15,19)20/h3-4,7,9,13,15H,1,5-6,8,10H2,2H3. The van der Waals surface area contributed by atoms with Gasteiger partial charge < -0.3 is 4.90 Å². The van der Waals surface area contributed by atoms with Crippen LogP contribution in [0.5, 0.6) is 0 Å². The molecule has 1 aliphatic heterocycles. The van der Waals surface area contributed by atoms with E-state index in [1.807, 2.05) is 13.0 Å². The Morgan fingerprint density at radius 1 is 1.43 bits per heavy atom. The average Bonchev–Trinajstić information content (AvgIpc) is 3.21. The zero-order valence-electron chi connectivity index (χ0n) is 12.1. The Labute approximate surface area is 125 Å². The van der Waals surface area contributed by atoms with Gasteiger partial charge in [0.25, 0.3) is 0 Å². The Morgan fingerprint density at radius 2 is 2.14 bits per heavy atom. The van der Waals surface area contributed by atoms with Crippen LogP contribution in [-0.4, -0.2) is 37.1 Å². The summed E-state index contributed by atoms with van der Waals surface area (Å²) in [5.41, 5.74) is 1.78. The van der Waals surface area contributed by atoms with Crippen molar-refractivity contribution in [2.75, 3.05) is 6.54 Å². The maximum Gasteiger partial charge on any atom is 0.242 e. The Hall–Kier alpha value is -1.62. The molecule has 0 bridgehead atoms. The Balaban J connectivity index is 1.94. The van der Waals surface area contributed by atoms with Crippen molar-refractivity contribution in [3.8, 4) is 0 Å². The number of rotatable bonds is 4. The molecule has 21 heavy (non-hydrogen) atoms. The first kappa shape index (κ1) is 14.3. The Morgan fingerprint density at radius 3 is 2.76 bits per heavy atom. The van der Waals surface area contributed by atoms with Crippen LogP contribution < -0.4 is 0 Å². The summed E-state index contributed by atoms with van der Waals surface area (Å²) in [6.07, 6.45) is 3.87. The Kier molecular flexibility index (Phi) is 3.40. The number of nitrogens with zero attached hydrogens (tertiary/aromatic N) is 1. The molecule has 1 aromatic carbocycles. The summed E-state index contributed by atoms with van der Waals surface area (Å²) in [4.78, 5) is 14.7. The minimum absolute atomic E-state index is 0.191. The van der Waals surface area contributed by atoms with E-state index in [2.05, 4.69) is 6.58 Å². The van der Waals surface area contributed by atoms with Crippen molar-refractivity contribution in [1.29, 1.82) is 0 Å². The van der Waals surface area contributed by atoms with Crippen LogP contribution in [0.3, 0.4) is 0 Å². The molecule has 5 heteroatoms. The van der Waals surface area contributed by atoms with Gasteiger partial charge in [0.1, 0.15) is 5.25 Å². The normalized spacial score (nSPS) is 22.6. The van der Waals surface area contributed by atoms with E-state index in [4.69, 9.17) is 0 Å². The smallest absolute Gasteiger partial charge is 0.242 e. The summed E-state index contributed by atoms with van der Waals surface area (Å²) < 4.78 is 25.2. The van der Waals surface area contributed by atoms with Crippen LogP contribution in [0.1, 0.15) is 24.0 Å². The molecule has 1 aromatic rings. The first-order valence-corrected chi connectivity index (χ1v) is 8.74. The summed E-state index contributed by atoms with van der Waals surface area (Å²) >= 11 is 0. The average molecular weight is 305 g/mol. The molecule has 1 atom stereocenters. The lowest BCUT2D eigenvalue weighted by Gasteiger charge is -2.23. The SMILES string of the molecule is C=CCN(C(=O)C1Cc2cc(C)ccc2S1(=O)=O)C1CC1. The van der Waals surface area contributed by atoms with E-state index in [0.29, 0.717) is 17.9 Å². The molecule has 112 valence electrons. The van der Waals surface area contributed by atoms with E-state index in [1.54, 1.807) is 23.1 Å². The van der Waals surface area contributed by atoms with Gasteiger partial charge in [0.05, 0.1) is 4.90 Å². The van der Waals surface area contributed by atoms with E-state index in [0.717, 1.165) is 24.0 Å². The van der Waals surface area contributed by atoms with Crippen LogP contribution in [-0.2, 0) is 21.1 Å². The maximum atomic E-state index is 12.7. The minimum atomic E-state index is -3.56.